The maximum atomic E-state index is 12.6. The summed E-state index contributed by atoms with van der Waals surface area (Å²) in [6.45, 7) is 1.48. The Kier molecular flexibility index (Phi) is 6.70. The van der Waals surface area contributed by atoms with Crippen LogP contribution in [-0.4, -0.2) is 40.0 Å². The molecule has 28 heavy (non-hydrogen) atoms. The number of aromatic nitrogens is 1. The minimum Gasteiger partial charge on any atom is -0.339 e. The molecule has 0 saturated carbocycles. The molecule has 0 bridgehead atoms. The van der Waals surface area contributed by atoms with Crippen LogP contribution in [0.15, 0.2) is 60.7 Å². The Hall–Kier alpha value is -3.25. The van der Waals surface area contributed by atoms with Crippen molar-refractivity contribution in [3.05, 3.63) is 77.6 Å². The van der Waals surface area contributed by atoms with E-state index >= 15 is 0 Å². The Morgan fingerprint density at radius 2 is 1.75 bits per heavy atom. The van der Waals surface area contributed by atoms with Crippen molar-refractivity contribution in [1.82, 2.24) is 15.4 Å². The van der Waals surface area contributed by atoms with Crippen molar-refractivity contribution in [1.29, 1.82) is 0 Å². The van der Waals surface area contributed by atoms with Gasteiger partial charge in [-0.2, -0.15) is 0 Å². The number of amides is 2. The third-order valence-corrected chi connectivity index (χ3v) is 4.71. The molecule has 6 nitrogen and oxygen atoms in total. The fourth-order valence-corrected chi connectivity index (χ4v) is 3.29. The Morgan fingerprint density at radius 3 is 2.46 bits per heavy atom. The van der Waals surface area contributed by atoms with E-state index in [1.165, 1.54) is 23.2 Å². The van der Waals surface area contributed by atoms with Gasteiger partial charge in [-0.25, -0.2) is 10.5 Å². The third kappa shape index (κ3) is 5.37. The first kappa shape index (κ1) is 19.5. The van der Waals surface area contributed by atoms with E-state index in [1.807, 2.05) is 23.1 Å². The summed E-state index contributed by atoms with van der Waals surface area (Å²) in [4.78, 5) is 29.9. The van der Waals surface area contributed by atoms with Gasteiger partial charge in [0.2, 0.25) is 5.91 Å². The molecular weight excluding hydrogens is 354 g/mol. The van der Waals surface area contributed by atoms with Crippen molar-refractivity contribution in [3.8, 4) is 0 Å². The number of likely N-dealkylation sites (tertiary alicyclic amines) is 1. The topological polar surface area (TPSA) is 82.5 Å². The minimum atomic E-state index is -0.629. The molecular formula is C22H23N3O3. The second-order valence-electron chi connectivity index (χ2n) is 6.66. The molecule has 6 heteroatoms. The third-order valence-electron chi connectivity index (χ3n) is 4.71. The quantitative estimate of drug-likeness (QED) is 0.477. The zero-order valence-corrected chi connectivity index (χ0v) is 15.5. The van der Waals surface area contributed by atoms with Gasteiger partial charge in [0.05, 0.1) is 11.4 Å². The van der Waals surface area contributed by atoms with Crippen LogP contribution >= 0.6 is 0 Å². The molecule has 1 fully saturated rings. The summed E-state index contributed by atoms with van der Waals surface area (Å²) >= 11 is 0. The summed E-state index contributed by atoms with van der Waals surface area (Å²) in [6.07, 6.45) is 7.97. The van der Waals surface area contributed by atoms with Crippen molar-refractivity contribution >= 4 is 24.0 Å². The van der Waals surface area contributed by atoms with E-state index in [9.17, 15) is 9.59 Å². The number of piperidine rings is 1. The fourth-order valence-electron chi connectivity index (χ4n) is 3.29. The van der Waals surface area contributed by atoms with E-state index in [2.05, 4.69) is 17.1 Å². The maximum Gasteiger partial charge on any atom is 0.267 e. The second kappa shape index (κ2) is 9.62. The van der Waals surface area contributed by atoms with E-state index in [0.717, 1.165) is 25.9 Å². The van der Waals surface area contributed by atoms with Crippen molar-refractivity contribution < 1.29 is 14.8 Å². The molecule has 2 aromatic rings. The Bertz CT molecular complexity index is 878. The lowest BCUT2D eigenvalue weighted by atomic mass is 9.90. The highest BCUT2D eigenvalue weighted by Crippen LogP contribution is 2.26. The normalized spacial score (nSPS) is 17.2. The second-order valence-corrected chi connectivity index (χ2v) is 6.66. The van der Waals surface area contributed by atoms with Crippen molar-refractivity contribution in [3.63, 3.8) is 0 Å². The summed E-state index contributed by atoms with van der Waals surface area (Å²) in [7, 11) is 0. The number of benzene rings is 1. The largest absolute Gasteiger partial charge is 0.339 e. The van der Waals surface area contributed by atoms with E-state index < -0.39 is 5.91 Å². The molecule has 144 valence electrons. The molecule has 0 radical (unpaired) electrons. The molecule has 3 rings (SSSR count). The number of carbonyl (C=O) groups is 2. The van der Waals surface area contributed by atoms with E-state index in [0.29, 0.717) is 17.3 Å². The van der Waals surface area contributed by atoms with Gasteiger partial charge in [-0.3, -0.25) is 14.8 Å². The van der Waals surface area contributed by atoms with E-state index in [4.69, 9.17) is 5.21 Å². The van der Waals surface area contributed by atoms with E-state index in [-0.39, 0.29) is 5.91 Å². The lowest BCUT2D eigenvalue weighted by molar-refractivity contribution is -0.127. The number of rotatable bonds is 5. The standard InChI is InChI=1S/C22H23N3O3/c26-21(24-28)13-11-19-9-4-10-20(23-19)12-14-22(27)25-15-5-8-18(16-25)17-6-2-1-3-7-17/h1-4,6-7,9-14,18,28H,5,8,15-16H2,(H,24,26)/t18-/m1/s1. The number of hydroxylamine groups is 1. The molecule has 0 aliphatic carbocycles. The Balaban J connectivity index is 1.63. The van der Waals surface area contributed by atoms with Crippen molar-refractivity contribution in [2.75, 3.05) is 13.1 Å². The van der Waals surface area contributed by atoms with Crippen LogP contribution in [0, 0.1) is 0 Å². The molecule has 1 saturated heterocycles. The first-order valence-corrected chi connectivity index (χ1v) is 9.27. The van der Waals surface area contributed by atoms with Crippen LogP contribution in [0.5, 0.6) is 0 Å². The Labute approximate surface area is 164 Å². The molecule has 1 atom stereocenters. The molecule has 2 heterocycles. The van der Waals surface area contributed by atoms with Crippen LogP contribution in [0.4, 0.5) is 0 Å². The van der Waals surface area contributed by atoms with Gasteiger partial charge in [0.15, 0.2) is 0 Å². The zero-order chi connectivity index (χ0) is 19.8. The average Bonchev–Trinajstić information content (AvgIpc) is 2.76. The monoisotopic (exact) mass is 377 g/mol. The highest BCUT2D eigenvalue weighted by atomic mass is 16.5. The van der Waals surface area contributed by atoms with Gasteiger partial charge in [0.25, 0.3) is 5.91 Å². The van der Waals surface area contributed by atoms with Crippen LogP contribution in [0.25, 0.3) is 12.2 Å². The van der Waals surface area contributed by atoms with Gasteiger partial charge < -0.3 is 4.90 Å². The molecule has 2 amide bonds. The van der Waals surface area contributed by atoms with Crippen LogP contribution in [0.2, 0.25) is 0 Å². The molecule has 0 spiro atoms. The number of nitrogens with zero attached hydrogens (tertiary/aromatic N) is 2. The van der Waals surface area contributed by atoms with Gasteiger partial charge in [-0.1, -0.05) is 36.4 Å². The molecule has 0 unspecified atom stereocenters. The van der Waals surface area contributed by atoms with Crippen LogP contribution in [-0.2, 0) is 9.59 Å². The summed E-state index contributed by atoms with van der Waals surface area (Å²) in [6, 6.07) is 15.6. The van der Waals surface area contributed by atoms with Crippen LogP contribution in [0.3, 0.4) is 0 Å². The predicted octanol–water partition coefficient (Wildman–Crippen LogP) is 3.02. The molecule has 1 aliphatic rings. The van der Waals surface area contributed by atoms with Gasteiger partial charge in [-0.05, 0) is 42.7 Å². The highest BCUT2D eigenvalue weighted by molar-refractivity contribution is 5.92. The first-order valence-electron chi connectivity index (χ1n) is 9.27. The molecule has 2 N–H and O–H groups in total. The Morgan fingerprint density at radius 1 is 1.04 bits per heavy atom. The zero-order valence-electron chi connectivity index (χ0n) is 15.5. The molecule has 1 aliphatic heterocycles. The van der Waals surface area contributed by atoms with Crippen LogP contribution < -0.4 is 5.48 Å². The molecule has 1 aromatic carbocycles. The lowest BCUT2D eigenvalue weighted by Crippen LogP contribution is -2.38. The summed E-state index contributed by atoms with van der Waals surface area (Å²) in [5, 5.41) is 8.50. The summed E-state index contributed by atoms with van der Waals surface area (Å²) in [5.41, 5.74) is 3.98. The summed E-state index contributed by atoms with van der Waals surface area (Å²) in [5.74, 6) is -0.282. The van der Waals surface area contributed by atoms with Crippen molar-refractivity contribution in [2.24, 2.45) is 0 Å². The SMILES string of the molecule is O=C(C=Cc1cccc(C=CC(=O)N2CCC[C@@H](c3ccccc3)C2)n1)NO. The first-order chi connectivity index (χ1) is 13.7. The smallest absolute Gasteiger partial charge is 0.267 e. The lowest BCUT2D eigenvalue weighted by Gasteiger charge is -2.32. The van der Waals surface area contributed by atoms with Gasteiger partial charge in [-0.15, -0.1) is 0 Å². The minimum absolute atomic E-state index is 0.0250. The highest BCUT2D eigenvalue weighted by Gasteiger charge is 2.23. The average molecular weight is 377 g/mol. The van der Waals surface area contributed by atoms with Crippen molar-refractivity contribution in [2.45, 2.75) is 18.8 Å². The van der Waals surface area contributed by atoms with Gasteiger partial charge in [0.1, 0.15) is 0 Å². The summed E-state index contributed by atoms with van der Waals surface area (Å²) < 4.78 is 0. The number of nitrogens with one attached hydrogen (secondary N) is 1. The number of pyridine rings is 1. The van der Waals surface area contributed by atoms with Crippen LogP contribution in [0.1, 0.15) is 35.7 Å². The number of hydrogen-bond acceptors (Lipinski definition) is 4. The fraction of sp³-hybridized carbons (Fsp3) is 0.227. The van der Waals surface area contributed by atoms with Gasteiger partial charge in [0, 0.05) is 31.2 Å². The maximum absolute atomic E-state index is 12.6. The van der Waals surface area contributed by atoms with E-state index in [1.54, 1.807) is 30.4 Å². The van der Waals surface area contributed by atoms with Gasteiger partial charge >= 0.3 is 0 Å². The number of carbonyl (C=O) groups excluding carboxylic acids is 2. The predicted molar refractivity (Wildman–Crippen MR) is 107 cm³/mol. The number of hydrogen-bond donors (Lipinski definition) is 2. The molecule has 1 aromatic heterocycles.